The summed E-state index contributed by atoms with van der Waals surface area (Å²) in [7, 11) is 0. The number of para-hydroxylation sites is 1. The lowest BCUT2D eigenvalue weighted by Gasteiger charge is -2.38. The number of likely N-dealkylation sites (tertiary alicyclic amines) is 1. The Kier molecular flexibility index (Phi) is 4.42. The highest BCUT2D eigenvalue weighted by Crippen LogP contribution is 2.35. The molecule has 106 valence electrons. The van der Waals surface area contributed by atoms with E-state index in [9.17, 15) is 5.11 Å². The van der Waals surface area contributed by atoms with Crippen LogP contribution in [0, 0.1) is 11.3 Å². The van der Waals surface area contributed by atoms with Gasteiger partial charge in [0.25, 0.3) is 0 Å². The van der Waals surface area contributed by atoms with Crippen molar-refractivity contribution in [3.05, 3.63) is 28.8 Å². The summed E-state index contributed by atoms with van der Waals surface area (Å²) in [5.74, 6) is 1.04. The van der Waals surface area contributed by atoms with E-state index in [1.807, 2.05) is 12.1 Å². The molecule has 1 fully saturated rings. The number of phenolic OH excluding ortho intramolecular Hbond substituents is 1. The SMILES string of the molecule is CC(C)(C)C1CCN(Cc2cccc(Cl)c2O)CC1. The van der Waals surface area contributed by atoms with Crippen molar-refractivity contribution in [2.75, 3.05) is 13.1 Å². The Hall–Kier alpha value is -0.730. The molecular weight excluding hydrogens is 258 g/mol. The molecule has 1 aromatic carbocycles. The molecule has 0 unspecified atom stereocenters. The number of phenols is 1. The fraction of sp³-hybridized carbons (Fsp3) is 0.625. The molecule has 1 aliphatic rings. The number of rotatable bonds is 2. The van der Waals surface area contributed by atoms with Crippen molar-refractivity contribution in [2.45, 2.75) is 40.2 Å². The molecule has 0 saturated carbocycles. The number of hydrogen-bond donors (Lipinski definition) is 1. The quantitative estimate of drug-likeness (QED) is 0.873. The molecule has 2 rings (SSSR count). The maximum Gasteiger partial charge on any atom is 0.138 e. The summed E-state index contributed by atoms with van der Waals surface area (Å²) < 4.78 is 0. The summed E-state index contributed by atoms with van der Waals surface area (Å²) in [6, 6.07) is 5.59. The van der Waals surface area contributed by atoms with E-state index in [0.717, 1.165) is 31.1 Å². The zero-order chi connectivity index (χ0) is 14.0. The third-order valence-electron chi connectivity index (χ3n) is 4.28. The Labute approximate surface area is 121 Å². The molecule has 0 aliphatic carbocycles. The van der Waals surface area contributed by atoms with Crippen molar-refractivity contribution in [3.63, 3.8) is 0 Å². The first-order valence-electron chi connectivity index (χ1n) is 7.06. The van der Waals surface area contributed by atoms with Crippen LogP contribution in [0.15, 0.2) is 18.2 Å². The standard InChI is InChI=1S/C16H24ClNO/c1-16(2,3)13-7-9-18(10-8-13)11-12-5-4-6-14(17)15(12)19/h4-6,13,19H,7-11H2,1-3H3. The van der Waals surface area contributed by atoms with Crippen LogP contribution in [-0.4, -0.2) is 23.1 Å². The van der Waals surface area contributed by atoms with Gasteiger partial charge in [0.1, 0.15) is 5.75 Å². The van der Waals surface area contributed by atoms with Crippen molar-refractivity contribution >= 4 is 11.6 Å². The van der Waals surface area contributed by atoms with Gasteiger partial charge in [-0.2, -0.15) is 0 Å². The summed E-state index contributed by atoms with van der Waals surface area (Å²) in [5, 5.41) is 10.4. The summed E-state index contributed by atoms with van der Waals surface area (Å²) >= 11 is 5.95. The van der Waals surface area contributed by atoms with Crippen LogP contribution >= 0.6 is 11.6 Å². The maximum absolute atomic E-state index is 9.95. The fourth-order valence-electron chi connectivity index (χ4n) is 2.89. The molecular formula is C16H24ClNO. The average Bonchev–Trinajstić information content (AvgIpc) is 2.35. The number of halogens is 1. The third kappa shape index (κ3) is 3.64. The predicted octanol–water partition coefficient (Wildman–Crippen LogP) is 4.30. The van der Waals surface area contributed by atoms with Crippen molar-refractivity contribution in [1.82, 2.24) is 4.90 Å². The van der Waals surface area contributed by atoms with Crippen LogP contribution in [0.5, 0.6) is 5.75 Å². The molecule has 1 aromatic rings. The van der Waals surface area contributed by atoms with Crippen molar-refractivity contribution < 1.29 is 5.11 Å². The lowest BCUT2D eigenvalue weighted by Crippen LogP contribution is -2.37. The minimum Gasteiger partial charge on any atom is -0.506 e. The van der Waals surface area contributed by atoms with E-state index in [1.54, 1.807) is 6.07 Å². The van der Waals surface area contributed by atoms with E-state index in [2.05, 4.69) is 25.7 Å². The van der Waals surface area contributed by atoms with Crippen LogP contribution in [0.25, 0.3) is 0 Å². The molecule has 0 bridgehead atoms. The molecule has 1 aliphatic heterocycles. The van der Waals surface area contributed by atoms with Gasteiger partial charge in [0.05, 0.1) is 5.02 Å². The largest absolute Gasteiger partial charge is 0.506 e. The second-order valence-electron chi connectivity index (χ2n) is 6.66. The fourth-order valence-corrected chi connectivity index (χ4v) is 3.08. The van der Waals surface area contributed by atoms with Gasteiger partial charge in [-0.05, 0) is 43.3 Å². The second kappa shape index (κ2) is 5.72. The van der Waals surface area contributed by atoms with Crippen molar-refractivity contribution in [3.8, 4) is 5.75 Å². The molecule has 2 nitrogen and oxygen atoms in total. The second-order valence-corrected chi connectivity index (χ2v) is 7.07. The van der Waals surface area contributed by atoms with E-state index in [0.29, 0.717) is 10.4 Å². The molecule has 0 atom stereocenters. The van der Waals surface area contributed by atoms with E-state index < -0.39 is 0 Å². The Morgan fingerprint density at radius 1 is 1.26 bits per heavy atom. The minimum atomic E-state index is 0.238. The van der Waals surface area contributed by atoms with Gasteiger partial charge in [-0.15, -0.1) is 0 Å². The molecule has 1 saturated heterocycles. The molecule has 0 aromatic heterocycles. The molecule has 0 amide bonds. The predicted molar refractivity (Wildman–Crippen MR) is 80.6 cm³/mol. The van der Waals surface area contributed by atoms with Crippen LogP contribution in [0.4, 0.5) is 0 Å². The summed E-state index contributed by atoms with van der Waals surface area (Å²) in [4.78, 5) is 2.41. The summed E-state index contributed by atoms with van der Waals surface area (Å²) in [5.41, 5.74) is 1.34. The highest BCUT2D eigenvalue weighted by molar-refractivity contribution is 6.32. The molecule has 3 heteroatoms. The molecule has 1 heterocycles. The number of benzene rings is 1. The Morgan fingerprint density at radius 2 is 1.89 bits per heavy atom. The van der Waals surface area contributed by atoms with Gasteiger partial charge >= 0.3 is 0 Å². The first-order valence-corrected chi connectivity index (χ1v) is 7.44. The third-order valence-corrected chi connectivity index (χ3v) is 4.58. The highest BCUT2D eigenvalue weighted by atomic mass is 35.5. The summed E-state index contributed by atoms with van der Waals surface area (Å²) in [6.45, 7) is 9.99. The molecule has 0 spiro atoms. The molecule has 19 heavy (non-hydrogen) atoms. The van der Waals surface area contributed by atoms with Crippen LogP contribution in [0.1, 0.15) is 39.2 Å². The number of hydrogen-bond acceptors (Lipinski definition) is 2. The normalized spacial score (nSPS) is 18.7. The number of aromatic hydroxyl groups is 1. The van der Waals surface area contributed by atoms with E-state index in [1.165, 1.54) is 12.8 Å². The number of nitrogens with zero attached hydrogens (tertiary/aromatic N) is 1. The first kappa shape index (κ1) is 14.7. The average molecular weight is 282 g/mol. The van der Waals surface area contributed by atoms with Gasteiger partial charge in [-0.25, -0.2) is 0 Å². The Morgan fingerprint density at radius 3 is 2.47 bits per heavy atom. The monoisotopic (exact) mass is 281 g/mol. The van der Waals surface area contributed by atoms with Gasteiger partial charge in [-0.3, -0.25) is 4.90 Å². The van der Waals surface area contributed by atoms with Gasteiger partial charge in [0, 0.05) is 12.1 Å². The van der Waals surface area contributed by atoms with Gasteiger partial charge in [0.2, 0.25) is 0 Å². The topological polar surface area (TPSA) is 23.5 Å². The molecule has 0 radical (unpaired) electrons. The van der Waals surface area contributed by atoms with Crippen LogP contribution in [-0.2, 0) is 6.54 Å². The lowest BCUT2D eigenvalue weighted by atomic mass is 9.75. The maximum atomic E-state index is 9.95. The van der Waals surface area contributed by atoms with Crippen molar-refractivity contribution in [1.29, 1.82) is 0 Å². The molecule has 1 N–H and O–H groups in total. The summed E-state index contributed by atoms with van der Waals surface area (Å²) in [6.07, 6.45) is 2.48. The number of piperidine rings is 1. The van der Waals surface area contributed by atoms with Gasteiger partial charge < -0.3 is 5.11 Å². The zero-order valence-corrected chi connectivity index (χ0v) is 12.9. The smallest absolute Gasteiger partial charge is 0.138 e. The van der Waals surface area contributed by atoms with Crippen LogP contribution in [0.3, 0.4) is 0 Å². The minimum absolute atomic E-state index is 0.238. The van der Waals surface area contributed by atoms with Crippen LogP contribution < -0.4 is 0 Å². The van der Waals surface area contributed by atoms with Crippen molar-refractivity contribution in [2.24, 2.45) is 11.3 Å². The van der Waals surface area contributed by atoms with Gasteiger partial charge in [-0.1, -0.05) is 44.5 Å². The van der Waals surface area contributed by atoms with Gasteiger partial charge in [0.15, 0.2) is 0 Å². The highest BCUT2D eigenvalue weighted by Gasteiger charge is 2.28. The Balaban J connectivity index is 1.94. The lowest BCUT2D eigenvalue weighted by molar-refractivity contribution is 0.107. The van der Waals surface area contributed by atoms with E-state index >= 15 is 0 Å². The Bertz CT molecular complexity index is 431. The van der Waals surface area contributed by atoms with E-state index in [4.69, 9.17) is 11.6 Å². The van der Waals surface area contributed by atoms with E-state index in [-0.39, 0.29) is 5.75 Å². The first-order chi connectivity index (χ1) is 8.88. The zero-order valence-electron chi connectivity index (χ0n) is 12.1. The van der Waals surface area contributed by atoms with Crippen LogP contribution in [0.2, 0.25) is 5.02 Å².